The van der Waals surface area contributed by atoms with Gasteiger partial charge in [0.2, 0.25) is 0 Å². The maximum atomic E-state index is 14.0. The number of nitrogens with one attached hydrogen (secondary N) is 2. The summed E-state index contributed by atoms with van der Waals surface area (Å²) in [6.07, 6.45) is 0. The molecule has 0 spiro atoms. The monoisotopic (exact) mass is 331 g/mol. The molecule has 2 aromatic rings. The van der Waals surface area contributed by atoms with Gasteiger partial charge in [0.15, 0.2) is 0 Å². The number of carbonyl (C=O) groups is 3. The first-order chi connectivity index (χ1) is 11.4. The molecule has 2 heterocycles. The van der Waals surface area contributed by atoms with Crippen molar-refractivity contribution in [3.05, 3.63) is 41.5 Å². The second-order valence-electron chi connectivity index (χ2n) is 5.30. The molecule has 9 heteroatoms. The fourth-order valence-electron chi connectivity index (χ4n) is 2.45. The summed E-state index contributed by atoms with van der Waals surface area (Å²) in [5.74, 6) is -1.74. The molecule has 3 rings (SSSR count). The van der Waals surface area contributed by atoms with Crippen LogP contribution in [-0.4, -0.2) is 34.2 Å². The van der Waals surface area contributed by atoms with Crippen LogP contribution in [0.3, 0.4) is 0 Å². The van der Waals surface area contributed by atoms with Gasteiger partial charge in [0.05, 0.1) is 17.9 Å². The Labute approximate surface area is 136 Å². The number of benzene rings is 1. The van der Waals surface area contributed by atoms with Crippen molar-refractivity contribution in [3.8, 4) is 0 Å². The molecule has 124 valence electrons. The lowest BCUT2D eigenvalue weighted by Gasteiger charge is -2.15. The SMILES string of the molecule is Cc1cc(C(=O)Nc2ccc(F)c(N3C(=O)CNC3=O)c2)n(C)n1. The number of nitrogens with zero attached hydrogens (tertiary/aromatic N) is 3. The zero-order valence-electron chi connectivity index (χ0n) is 13.0. The summed E-state index contributed by atoms with van der Waals surface area (Å²) in [6.45, 7) is 1.56. The molecule has 0 atom stereocenters. The van der Waals surface area contributed by atoms with Gasteiger partial charge in [-0.2, -0.15) is 5.10 Å². The van der Waals surface area contributed by atoms with Gasteiger partial charge in [0, 0.05) is 12.7 Å². The molecule has 0 radical (unpaired) electrons. The van der Waals surface area contributed by atoms with Crippen molar-refractivity contribution in [2.45, 2.75) is 6.92 Å². The molecule has 4 amide bonds. The topological polar surface area (TPSA) is 96.3 Å². The minimum atomic E-state index is -0.741. The predicted molar refractivity (Wildman–Crippen MR) is 83.2 cm³/mol. The van der Waals surface area contributed by atoms with Crippen molar-refractivity contribution in [1.29, 1.82) is 0 Å². The lowest BCUT2D eigenvalue weighted by atomic mass is 10.2. The van der Waals surface area contributed by atoms with Crippen LogP contribution in [0.2, 0.25) is 0 Å². The van der Waals surface area contributed by atoms with E-state index < -0.39 is 23.7 Å². The summed E-state index contributed by atoms with van der Waals surface area (Å²) in [4.78, 5) is 36.4. The fourth-order valence-corrected chi connectivity index (χ4v) is 2.45. The number of anilines is 2. The molecule has 1 aromatic carbocycles. The Kier molecular flexibility index (Phi) is 3.76. The number of carbonyl (C=O) groups excluding carboxylic acids is 3. The van der Waals surface area contributed by atoms with Crippen LogP contribution in [0.4, 0.5) is 20.6 Å². The lowest BCUT2D eigenvalue weighted by Crippen LogP contribution is -2.31. The Balaban J connectivity index is 1.89. The van der Waals surface area contributed by atoms with Gasteiger partial charge in [-0.05, 0) is 31.2 Å². The molecule has 1 aliphatic heterocycles. The highest BCUT2D eigenvalue weighted by atomic mass is 19.1. The van der Waals surface area contributed by atoms with Gasteiger partial charge in [-0.25, -0.2) is 14.1 Å². The van der Waals surface area contributed by atoms with Gasteiger partial charge in [-0.15, -0.1) is 0 Å². The summed E-state index contributed by atoms with van der Waals surface area (Å²) in [6, 6.07) is 4.57. The van der Waals surface area contributed by atoms with Gasteiger partial charge in [-0.1, -0.05) is 0 Å². The summed E-state index contributed by atoms with van der Waals surface area (Å²) in [5.41, 5.74) is 1.05. The van der Waals surface area contributed by atoms with Gasteiger partial charge >= 0.3 is 6.03 Å². The van der Waals surface area contributed by atoms with Gasteiger partial charge in [0.25, 0.3) is 11.8 Å². The highest BCUT2D eigenvalue weighted by molar-refractivity contribution is 6.20. The van der Waals surface area contributed by atoms with E-state index in [1.165, 1.54) is 16.8 Å². The number of rotatable bonds is 3. The molecular weight excluding hydrogens is 317 g/mol. The zero-order chi connectivity index (χ0) is 17.4. The van der Waals surface area contributed by atoms with Crippen molar-refractivity contribution in [1.82, 2.24) is 15.1 Å². The average molecular weight is 331 g/mol. The second kappa shape index (κ2) is 5.76. The third kappa shape index (κ3) is 2.71. The Morgan fingerprint density at radius 1 is 1.33 bits per heavy atom. The Hall–Kier alpha value is -3.23. The molecule has 1 aliphatic rings. The van der Waals surface area contributed by atoms with E-state index in [1.807, 2.05) is 0 Å². The Bertz CT molecular complexity index is 845. The maximum Gasteiger partial charge on any atom is 0.329 e. The largest absolute Gasteiger partial charge is 0.329 e. The smallest absolute Gasteiger partial charge is 0.328 e. The molecule has 8 nitrogen and oxygen atoms in total. The van der Waals surface area contributed by atoms with E-state index in [9.17, 15) is 18.8 Å². The van der Waals surface area contributed by atoms with Gasteiger partial charge in [0.1, 0.15) is 11.5 Å². The van der Waals surface area contributed by atoms with Crippen molar-refractivity contribution in [3.63, 3.8) is 0 Å². The number of imide groups is 1. The Morgan fingerprint density at radius 3 is 2.67 bits per heavy atom. The lowest BCUT2D eigenvalue weighted by molar-refractivity contribution is -0.115. The van der Waals surface area contributed by atoms with E-state index in [0.717, 1.165) is 6.07 Å². The van der Waals surface area contributed by atoms with Crippen LogP contribution in [0.5, 0.6) is 0 Å². The maximum absolute atomic E-state index is 14.0. The molecule has 0 unspecified atom stereocenters. The molecule has 24 heavy (non-hydrogen) atoms. The van der Waals surface area contributed by atoms with Crippen LogP contribution in [0.15, 0.2) is 24.3 Å². The third-order valence-electron chi connectivity index (χ3n) is 3.52. The number of aromatic nitrogens is 2. The molecular formula is C15H14FN5O3. The summed E-state index contributed by atoms with van der Waals surface area (Å²) in [7, 11) is 1.63. The first-order valence-electron chi connectivity index (χ1n) is 7.09. The third-order valence-corrected chi connectivity index (χ3v) is 3.52. The number of hydrogen-bond donors (Lipinski definition) is 2. The first-order valence-corrected chi connectivity index (χ1v) is 7.09. The Morgan fingerprint density at radius 2 is 2.08 bits per heavy atom. The van der Waals surface area contributed by atoms with Crippen molar-refractivity contribution in [2.24, 2.45) is 7.05 Å². The number of aryl methyl sites for hydroxylation is 2. The zero-order valence-corrected chi connectivity index (χ0v) is 13.0. The van der Waals surface area contributed by atoms with Gasteiger partial charge < -0.3 is 10.6 Å². The van der Waals surface area contributed by atoms with Crippen LogP contribution in [0.1, 0.15) is 16.2 Å². The number of halogens is 1. The van der Waals surface area contributed by atoms with Crippen molar-refractivity contribution in [2.75, 3.05) is 16.8 Å². The van der Waals surface area contributed by atoms with E-state index in [-0.39, 0.29) is 17.9 Å². The number of urea groups is 1. The molecule has 0 aliphatic carbocycles. The van der Waals surface area contributed by atoms with Crippen LogP contribution in [0, 0.1) is 12.7 Å². The van der Waals surface area contributed by atoms with Crippen molar-refractivity contribution < 1.29 is 18.8 Å². The van der Waals surface area contributed by atoms with Crippen LogP contribution in [-0.2, 0) is 11.8 Å². The molecule has 0 saturated carbocycles. The molecule has 2 N–H and O–H groups in total. The quantitative estimate of drug-likeness (QED) is 0.825. The van der Waals surface area contributed by atoms with E-state index in [4.69, 9.17) is 0 Å². The predicted octanol–water partition coefficient (Wildman–Crippen LogP) is 1.18. The minimum absolute atomic E-state index is 0.191. The van der Waals surface area contributed by atoms with E-state index in [0.29, 0.717) is 16.3 Å². The number of amides is 4. The standard InChI is InChI=1S/C15H14FN5O3/c1-8-5-12(20(2)19-8)14(23)18-9-3-4-10(16)11(6-9)21-13(22)7-17-15(21)24/h3-6H,7H2,1-2H3,(H,17,24)(H,18,23). The van der Waals surface area contributed by atoms with Crippen LogP contribution in [0.25, 0.3) is 0 Å². The van der Waals surface area contributed by atoms with E-state index >= 15 is 0 Å². The van der Waals surface area contributed by atoms with Crippen molar-refractivity contribution >= 4 is 29.2 Å². The highest BCUT2D eigenvalue weighted by Crippen LogP contribution is 2.25. The number of hydrogen-bond acceptors (Lipinski definition) is 4. The van der Waals surface area contributed by atoms with Crippen LogP contribution >= 0.6 is 0 Å². The minimum Gasteiger partial charge on any atom is -0.328 e. The molecule has 1 fully saturated rings. The highest BCUT2D eigenvalue weighted by Gasteiger charge is 2.32. The molecule has 1 saturated heterocycles. The van der Waals surface area contributed by atoms with E-state index in [2.05, 4.69) is 15.7 Å². The first kappa shape index (κ1) is 15.7. The summed E-state index contributed by atoms with van der Waals surface area (Å²) < 4.78 is 15.4. The summed E-state index contributed by atoms with van der Waals surface area (Å²) >= 11 is 0. The second-order valence-corrected chi connectivity index (χ2v) is 5.30. The molecule has 1 aromatic heterocycles. The molecule has 0 bridgehead atoms. The average Bonchev–Trinajstić information content (AvgIpc) is 3.03. The normalized spacial score (nSPS) is 14.0. The fraction of sp³-hybridized carbons (Fsp3) is 0.200. The van der Waals surface area contributed by atoms with E-state index in [1.54, 1.807) is 20.0 Å². The van der Waals surface area contributed by atoms with Gasteiger partial charge in [-0.3, -0.25) is 14.3 Å². The summed E-state index contributed by atoms with van der Waals surface area (Å²) in [5, 5.41) is 8.99. The van der Waals surface area contributed by atoms with Crippen LogP contribution < -0.4 is 15.5 Å².